The van der Waals surface area contributed by atoms with E-state index in [-0.39, 0.29) is 11.9 Å². The van der Waals surface area contributed by atoms with Crippen molar-refractivity contribution in [2.75, 3.05) is 38.6 Å². The molecule has 0 saturated carbocycles. The zero-order valence-corrected chi connectivity index (χ0v) is 11.2. The highest BCUT2D eigenvalue weighted by molar-refractivity contribution is 5.81. The van der Waals surface area contributed by atoms with Crippen LogP contribution in [0.4, 0.5) is 5.82 Å². The van der Waals surface area contributed by atoms with Gasteiger partial charge in [0, 0.05) is 25.8 Å². The van der Waals surface area contributed by atoms with Crippen LogP contribution in [0.15, 0.2) is 12.3 Å². The number of nitrogen functional groups attached to an aromatic ring is 1. The van der Waals surface area contributed by atoms with Crippen LogP contribution in [-0.2, 0) is 16.1 Å². The van der Waals surface area contributed by atoms with Crippen molar-refractivity contribution in [2.24, 2.45) is 0 Å². The van der Waals surface area contributed by atoms with Crippen LogP contribution in [0.3, 0.4) is 0 Å². The van der Waals surface area contributed by atoms with Gasteiger partial charge in [-0.3, -0.25) is 14.4 Å². The van der Waals surface area contributed by atoms with Crippen LogP contribution < -0.4 is 11.1 Å². The normalized spacial score (nSPS) is 20.4. The number of nitrogens with zero attached hydrogens (tertiary/aromatic N) is 3. The third-order valence-electron chi connectivity index (χ3n) is 3.17. The number of carbonyl (C=O) groups excluding carboxylic acids is 1. The van der Waals surface area contributed by atoms with Gasteiger partial charge >= 0.3 is 0 Å². The number of amides is 1. The molecule has 1 fully saturated rings. The van der Waals surface area contributed by atoms with Gasteiger partial charge in [0.1, 0.15) is 11.9 Å². The molecule has 2 rings (SSSR count). The lowest BCUT2D eigenvalue weighted by Gasteiger charge is -2.34. The first-order valence-electron chi connectivity index (χ1n) is 6.59. The molecule has 1 aromatic heterocycles. The highest BCUT2D eigenvalue weighted by Crippen LogP contribution is 2.08. The lowest BCUT2D eigenvalue weighted by molar-refractivity contribution is -0.132. The first-order chi connectivity index (χ1) is 9.20. The van der Waals surface area contributed by atoms with Gasteiger partial charge in [-0.1, -0.05) is 0 Å². The van der Waals surface area contributed by atoms with Gasteiger partial charge in [0.25, 0.3) is 0 Å². The quantitative estimate of drug-likeness (QED) is 0.737. The summed E-state index contributed by atoms with van der Waals surface area (Å²) < 4.78 is 7.18. The molecule has 0 aliphatic carbocycles. The Morgan fingerprint density at radius 3 is 3.16 bits per heavy atom. The smallest absolute Gasteiger partial charge is 0.239 e. The summed E-state index contributed by atoms with van der Waals surface area (Å²) >= 11 is 0. The maximum atomic E-state index is 11.9. The Kier molecular flexibility index (Phi) is 4.75. The zero-order valence-electron chi connectivity index (χ0n) is 11.2. The molecule has 106 valence electrons. The van der Waals surface area contributed by atoms with Crippen LogP contribution in [0.1, 0.15) is 6.92 Å². The van der Waals surface area contributed by atoms with Crippen LogP contribution in [0.5, 0.6) is 0 Å². The molecular formula is C12H21N5O2. The molecule has 2 heterocycles. The second kappa shape index (κ2) is 6.53. The van der Waals surface area contributed by atoms with E-state index in [1.54, 1.807) is 10.7 Å². The van der Waals surface area contributed by atoms with E-state index in [2.05, 4.69) is 15.3 Å². The largest absolute Gasteiger partial charge is 0.382 e. The standard InChI is InChI=1S/C12H21N5O2/c1-2-14-12(18)10-9-19-8-7-16(10)5-6-17-4-3-11(13)15-17/h3-4,10H,2,5-9H2,1H3,(H2,13,15)(H,14,18). The van der Waals surface area contributed by atoms with Crippen molar-refractivity contribution in [1.82, 2.24) is 20.0 Å². The second-order valence-corrected chi connectivity index (χ2v) is 4.52. The molecule has 0 bridgehead atoms. The molecule has 0 spiro atoms. The maximum Gasteiger partial charge on any atom is 0.239 e. The molecule has 1 saturated heterocycles. The molecule has 1 unspecified atom stereocenters. The summed E-state index contributed by atoms with van der Waals surface area (Å²) in [5, 5.41) is 6.98. The van der Waals surface area contributed by atoms with Crippen molar-refractivity contribution in [2.45, 2.75) is 19.5 Å². The zero-order chi connectivity index (χ0) is 13.7. The molecule has 1 amide bonds. The highest BCUT2D eigenvalue weighted by atomic mass is 16.5. The van der Waals surface area contributed by atoms with Gasteiger partial charge in [0.15, 0.2) is 0 Å². The Bertz CT molecular complexity index is 420. The minimum atomic E-state index is -0.207. The van der Waals surface area contributed by atoms with E-state index in [9.17, 15) is 4.79 Å². The third kappa shape index (κ3) is 3.68. The fourth-order valence-corrected chi connectivity index (χ4v) is 2.17. The summed E-state index contributed by atoms with van der Waals surface area (Å²) in [5.41, 5.74) is 5.57. The maximum absolute atomic E-state index is 11.9. The van der Waals surface area contributed by atoms with Crippen molar-refractivity contribution in [3.8, 4) is 0 Å². The summed E-state index contributed by atoms with van der Waals surface area (Å²) in [6.45, 7) is 5.90. The summed E-state index contributed by atoms with van der Waals surface area (Å²) in [7, 11) is 0. The average molecular weight is 267 g/mol. The van der Waals surface area contributed by atoms with Gasteiger partial charge in [-0.15, -0.1) is 0 Å². The summed E-state index contributed by atoms with van der Waals surface area (Å²) in [4.78, 5) is 14.1. The number of aromatic nitrogens is 2. The summed E-state index contributed by atoms with van der Waals surface area (Å²) in [6.07, 6.45) is 1.84. The average Bonchev–Trinajstić information content (AvgIpc) is 2.83. The topological polar surface area (TPSA) is 85.4 Å². The Balaban J connectivity index is 1.90. The first-order valence-corrected chi connectivity index (χ1v) is 6.59. The molecule has 0 radical (unpaired) electrons. The number of morpholine rings is 1. The number of nitrogens with one attached hydrogen (secondary N) is 1. The van der Waals surface area contributed by atoms with Crippen LogP contribution in [0, 0.1) is 0 Å². The van der Waals surface area contributed by atoms with Gasteiger partial charge < -0.3 is 15.8 Å². The van der Waals surface area contributed by atoms with Crippen LogP contribution in [0.25, 0.3) is 0 Å². The number of anilines is 1. The molecule has 7 heteroatoms. The highest BCUT2D eigenvalue weighted by Gasteiger charge is 2.28. The molecule has 1 aliphatic heterocycles. The van der Waals surface area contributed by atoms with Crippen molar-refractivity contribution in [3.63, 3.8) is 0 Å². The number of ether oxygens (including phenoxy) is 1. The van der Waals surface area contributed by atoms with Gasteiger partial charge in [-0.05, 0) is 13.0 Å². The van der Waals surface area contributed by atoms with Crippen molar-refractivity contribution >= 4 is 11.7 Å². The van der Waals surface area contributed by atoms with E-state index in [0.29, 0.717) is 32.1 Å². The lowest BCUT2D eigenvalue weighted by Crippen LogP contribution is -2.54. The number of nitrogens with two attached hydrogens (primary N) is 1. The van der Waals surface area contributed by atoms with Crippen LogP contribution in [0.2, 0.25) is 0 Å². The number of hydrogen-bond acceptors (Lipinski definition) is 5. The first kappa shape index (κ1) is 13.8. The van der Waals surface area contributed by atoms with Crippen molar-refractivity contribution in [3.05, 3.63) is 12.3 Å². The molecule has 1 aliphatic rings. The molecule has 1 aromatic rings. The lowest BCUT2D eigenvalue weighted by atomic mass is 10.2. The van der Waals surface area contributed by atoms with E-state index in [1.807, 2.05) is 13.1 Å². The van der Waals surface area contributed by atoms with Crippen molar-refractivity contribution < 1.29 is 9.53 Å². The SMILES string of the molecule is CCNC(=O)C1COCCN1CCn1ccc(N)n1. The van der Waals surface area contributed by atoms with E-state index in [0.717, 1.165) is 13.1 Å². The minimum absolute atomic E-state index is 0.0298. The van der Waals surface area contributed by atoms with E-state index < -0.39 is 0 Å². The molecule has 7 nitrogen and oxygen atoms in total. The Hall–Kier alpha value is -1.60. The van der Waals surface area contributed by atoms with Crippen molar-refractivity contribution in [1.29, 1.82) is 0 Å². The summed E-state index contributed by atoms with van der Waals surface area (Å²) in [6, 6.07) is 1.56. The summed E-state index contributed by atoms with van der Waals surface area (Å²) in [5.74, 6) is 0.546. The number of likely N-dealkylation sites (N-methyl/N-ethyl adjacent to an activating group) is 1. The van der Waals surface area contributed by atoms with Gasteiger partial charge in [-0.25, -0.2) is 0 Å². The molecular weight excluding hydrogens is 246 g/mol. The number of rotatable bonds is 5. The molecule has 3 N–H and O–H groups in total. The number of hydrogen-bond donors (Lipinski definition) is 2. The van der Waals surface area contributed by atoms with Crippen LogP contribution in [-0.4, -0.2) is 59.5 Å². The Morgan fingerprint density at radius 1 is 1.63 bits per heavy atom. The number of carbonyl (C=O) groups is 1. The second-order valence-electron chi connectivity index (χ2n) is 4.52. The predicted molar refractivity (Wildman–Crippen MR) is 71.5 cm³/mol. The Labute approximate surface area is 112 Å². The predicted octanol–water partition coefficient (Wildman–Crippen LogP) is -0.698. The third-order valence-corrected chi connectivity index (χ3v) is 3.17. The fraction of sp³-hybridized carbons (Fsp3) is 0.667. The molecule has 19 heavy (non-hydrogen) atoms. The van der Waals surface area contributed by atoms with E-state index >= 15 is 0 Å². The van der Waals surface area contributed by atoms with Gasteiger partial charge in [0.2, 0.25) is 5.91 Å². The Morgan fingerprint density at radius 2 is 2.47 bits per heavy atom. The minimum Gasteiger partial charge on any atom is -0.382 e. The van der Waals surface area contributed by atoms with Crippen LogP contribution >= 0.6 is 0 Å². The molecule has 0 aromatic carbocycles. The fourth-order valence-electron chi connectivity index (χ4n) is 2.17. The van der Waals surface area contributed by atoms with Gasteiger partial charge in [0.05, 0.1) is 19.8 Å². The van der Waals surface area contributed by atoms with Gasteiger partial charge in [-0.2, -0.15) is 5.10 Å². The molecule has 1 atom stereocenters. The van der Waals surface area contributed by atoms with E-state index in [4.69, 9.17) is 10.5 Å². The van der Waals surface area contributed by atoms with E-state index in [1.165, 1.54) is 0 Å². The monoisotopic (exact) mass is 267 g/mol.